The number of rotatable bonds is 4. The van der Waals surface area contributed by atoms with Crippen molar-refractivity contribution in [1.29, 1.82) is 0 Å². The number of hydrogen-bond acceptors (Lipinski definition) is 3. The number of hydrogen-bond donors (Lipinski definition) is 0. The zero-order valence-corrected chi connectivity index (χ0v) is 16.1. The van der Waals surface area contributed by atoms with Gasteiger partial charge in [-0.05, 0) is 31.7 Å². The first kappa shape index (κ1) is 18.4. The summed E-state index contributed by atoms with van der Waals surface area (Å²) < 4.78 is 27.5. The Balaban J connectivity index is 1.76. The molecule has 0 bridgehead atoms. The van der Waals surface area contributed by atoms with Gasteiger partial charge in [-0.3, -0.25) is 4.79 Å². The molecule has 2 heterocycles. The maximum atomic E-state index is 13.2. The van der Waals surface area contributed by atoms with Crippen LogP contribution in [-0.2, 0) is 21.5 Å². The van der Waals surface area contributed by atoms with Gasteiger partial charge in [-0.2, -0.15) is 17.0 Å². The highest BCUT2D eigenvalue weighted by Gasteiger charge is 2.51. The lowest BCUT2D eigenvalue weighted by molar-refractivity contribution is -0.146. The van der Waals surface area contributed by atoms with Crippen molar-refractivity contribution in [3.05, 3.63) is 35.4 Å². The van der Waals surface area contributed by atoms with Crippen molar-refractivity contribution in [2.75, 3.05) is 33.7 Å². The fraction of sp³-hybridized carbons (Fsp3) is 0.611. The maximum Gasteiger partial charge on any atom is 0.281 e. The monoisotopic (exact) mass is 365 g/mol. The SMILES string of the molecule is Cc1cccc(CN2CCC[C@]3(CCN(S(=O)(=O)N(C)C)C3)C2=O)c1. The van der Waals surface area contributed by atoms with Gasteiger partial charge in [-0.15, -0.1) is 0 Å². The van der Waals surface area contributed by atoms with Crippen LogP contribution in [0.2, 0.25) is 0 Å². The standard InChI is InChI=1S/C18H27N3O3S/c1-15-6-4-7-16(12-15)13-20-10-5-8-18(17(20)22)9-11-21(14-18)25(23,24)19(2)3/h4,6-7,12H,5,8-11,13-14H2,1-3H3/t18-/m1/s1. The van der Waals surface area contributed by atoms with Gasteiger partial charge < -0.3 is 4.90 Å². The molecule has 2 aliphatic heterocycles. The molecule has 138 valence electrons. The van der Waals surface area contributed by atoms with Crippen LogP contribution in [0.3, 0.4) is 0 Å². The van der Waals surface area contributed by atoms with E-state index in [1.54, 1.807) is 0 Å². The Bertz CT molecular complexity index is 763. The predicted molar refractivity (Wildman–Crippen MR) is 97.1 cm³/mol. The van der Waals surface area contributed by atoms with E-state index in [-0.39, 0.29) is 5.91 Å². The summed E-state index contributed by atoms with van der Waals surface area (Å²) >= 11 is 0. The average molecular weight is 365 g/mol. The lowest BCUT2D eigenvalue weighted by atomic mass is 9.78. The molecule has 1 amide bonds. The summed E-state index contributed by atoms with van der Waals surface area (Å²) in [6.45, 7) is 4.11. The number of piperidine rings is 1. The summed E-state index contributed by atoms with van der Waals surface area (Å²) in [5.74, 6) is 0.108. The Morgan fingerprint density at radius 1 is 1.20 bits per heavy atom. The van der Waals surface area contributed by atoms with Crippen molar-refractivity contribution >= 4 is 16.1 Å². The van der Waals surface area contributed by atoms with Crippen LogP contribution in [0.5, 0.6) is 0 Å². The van der Waals surface area contributed by atoms with Gasteiger partial charge in [0, 0.05) is 40.3 Å². The first-order valence-electron chi connectivity index (χ1n) is 8.77. The summed E-state index contributed by atoms with van der Waals surface area (Å²) in [5.41, 5.74) is 1.76. The second-order valence-electron chi connectivity index (χ2n) is 7.47. The Kier molecular flexibility index (Phi) is 4.92. The van der Waals surface area contributed by atoms with Crippen molar-refractivity contribution in [1.82, 2.24) is 13.5 Å². The highest BCUT2D eigenvalue weighted by molar-refractivity contribution is 7.86. The topological polar surface area (TPSA) is 60.9 Å². The minimum absolute atomic E-state index is 0.108. The van der Waals surface area contributed by atoms with Crippen LogP contribution in [0, 0.1) is 12.3 Å². The highest BCUT2D eigenvalue weighted by atomic mass is 32.2. The summed E-state index contributed by atoms with van der Waals surface area (Å²) in [6, 6.07) is 8.20. The molecule has 0 aromatic heterocycles. The van der Waals surface area contributed by atoms with E-state index in [9.17, 15) is 13.2 Å². The third kappa shape index (κ3) is 3.45. The molecule has 1 spiro atoms. The molecular formula is C18H27N3O3S. The van der Waals surface area contributed by atoms with Crippen molar-refractivity contribution in [2.45, 2.75) is 32.7 Å². The molecule has 0 unspecified atom stereocenters. The van der Waals surface area contributed by atoms with E-state index in [2.05, 4.69) is 6.07 Å². The summed E-state index contributed by atoms with van der Waals surface area (Å²) in [4.78, 5) is 15.1. The van der Waals surface area contributed by atoms with E-state index in [0.29, 0.717) is 26.1 Å². The molecule has 6 nitrogen and oxygen atoms in total. The molecule has 2 fully saturated rings. The molecule has 0 aliphatic carbocycles. The van der Waals surface area contributed by atoms with Crippen LogP contribution in [0.15, 0.2) is 24.3 Å². The molecule has 3 rings (SSSR count). The minimum atomic E-state index is -3.46. The number of nitrogens with zero attached hydrogens (tertiary/aromatic N) is 3. The number of carbonyl (C=O) groups excluding carboxylic acids is 1. The van der Waals surface area contributed by atoms with E-state index in [1.807, 2.05) is 30.0 Å². The third-order valence-electron chi connectivity index (χ3n) is 5.39. The number of carbonyl (C=O) groups is 1. The molecule has 25 heavy (non-hydrogen) atoms. The van der Waals surface area contributed by atoms with Crippen molar-refractivity contribution < 1.29 is 13.2 Å². The fourth-order valence-corrected chi connectivity index (χ4v) is 5.17. The Morgan fingerprint density at radius 3 is 2.64 bits per heavy atom. The molecule has 2 saturated heterocycles. The Morgan fingerprint density at radius 2 is 1.96 bits per heavy atom. The molecular weight excluding hydrogens is 338 g/mol. The van der Waals surface area contributed by atoms with Crippen molar-refractivity contribution in [3.8, 4) is 0 Å². The molecule has 1 aromatic carbocycles. The van der Waals surface area contributed by atoms with Gasteiger partial charge in [0.1, 0.15) is 0 Å². The van der Waals surface area contributed by atoms with Crippen LogP contribution < -0.4 is 0 Å². The van der Waals surface area contributed by atoms with Gasteiger partial charge >= 0.3 is 0 Å². The summed E-state index contributed by atoms with van der Waals surface area (Å²) in [7, 11) is -0.392. The smallest absolute Gasteiger partial charge is 0.281 e. The molecule has 0 radical (unpaired) electrons. The van der Waals surface area contributed by atoms with Gasteiger partial charge in [0.2, 0.25) is 5.91 Å². The first-order valence-corrected chi connectivity index (χ1v) is 10.2. The van der Waals surface area contributed by atoms with Crippen molar-refractivity contribution in [3.63, 3.8) is 0 Å². The number of benzene rings is 1. The van der Waals surface area contributed by atoms with Gasteiger partial charge in [0.15, 0.2) is 0 Å². The van der Waals surface area contributed by atoms with E-state index in [4.69, 9.17) is 0 Å². The number of likely N-dealkylation sites (tertiary alicyclic amines) is 1. The zero-order chi connectivity index (χ0) is 18.2. The predicted octanol–water partition coefficient (Wildman–Crippen LogP) is 1.62. The normalized spacial score (nSPS) is 25.3. The summed E-state index contributed by atoms with van der Waals surface area (Å²) in [6.07, 6.45) is 2.31. The van der Waals surface area contributed by atoms with Crippen LogP contribution in [0.1, 0.15) is 30.4 Å². The number of aryl methyl sites for hydroxylation is 1. The highest BCUT2D eigenvalue weighted by Crippen LogP contribution is 2.41. The van der Waals surface area contributed by atoms with Gasteiger partial charge in [0.25, 0.3) is 10.2 Å². The van der Waals surface area contributed by atoms with Gasteiger partial charge in [-0.1, -0.05) is 29.8 Å². The molecule has 1 atom stereocenters. The van der Waals surface area contributed by atoms with Crippen LogP contribution >= 0.6 is 0 Å². The molecule has 0 saturated carbocycles. The quantitative estimate of drug-likeness (QED) is 0.815. The fourth-order valence-electron chi connectivity index (χ4n) is 3.97. The Hall–Kier alpha value is -1.44. The van der Waals surface area contributed by atoms with Gasteiger partial charge in [-0.25, -0.2) is 0 Å². The molecule has 0 N–H and O–H groups in total. The number of amides is 1. The van der Waals surface area contributed by atoms with Gasteiger partial charge in [0.05, 0.1) is 5.41 Å². The van der Waals surface area contributed by atoms with E-state index < -0.39 is 15.6 Å². The third-order valence-corrected chi connectivity index (χ3v) is 7.27. The first-order chi connectivity index (χ1) is 11.7. The van der Waals surface area contributed by atoms with Crippen LogP contribution in [0.4, 0.5) is 0 Å². The van der Waals surface area contributed by atoms with E-state index in [1.165, 1.54) is 28.3 Å². The van der Waals surface area contributed by atoms with E-state index >= 15 is 0 Å². The minimum Gasteiger partial charge on any atom is -0.338 e. The van der Waals surface area contributed by atoms with Crippen LogP contribution in [-0.4, -0.2) is 61.6 Å². The maximum absolute atomic E-state index is 13.2. The molecule has 1 aromatic rings. The zero-order valence-electron chi connectivity index (χ0n) is 15.2. The lowest BCUT2D eigenvalue weighted by Gasteiger charge is -2.39. The van der Waals surface area contributed by atoms with Crippen molar-refractivity contribution in [2.24, 2.45) is 5.41 Å². The Labute approximate surface area is 150 Å². The lowest BCUT2D eigenvalue weighted by Crippen LogP contribution is -2.50. The molecule has 2 aliphatic rings. The largest absolute Gasteiger partial charge is 0.338 e. The second kappa shape index (κ2) is 6.70. The van der Waals surface area contributed by atoms with Crippen LogP contribution in [0.25, 0.3) is 0 Å². The second-order valence-corrected chi connectivity index (χ2v) is 9.62. The van der Waals surface area contributed by atoms with E-state index in [0.717, 1.165) is 24.9 Å². The average Bonchev–Trinajstić information content (AvgIpc) is 2.98. The molecule has 7 heteroatoms. The summed E-state index contributed by atoms with van der Waals surface area (Å²) in [5, 5.41) is 0.